The van der Waals surface area contributed by atoms with Crippen LogP contribution in [0.5, 0.6) is 0 Å². The molecule has 0 saturated carbocycles. The van der Waals surface area contributed by atoms with E-state index in [1.165, 1.54) is 0 Å². The fourth-order valence-corrected chi connectivity index (χ4v) is 3.42. The first-order valence-electron chi connectivity index (χ1n) is 4.34. The predicted molar refractivity (Wildman–Crippen MR) is 49.2 cm³/mol. The van der Waals surface area contributed by atoms with E-state index in [2.05, 4.69) is 13.5 Å². The molecule has 72 valence electrons. The quantitative estimate of drug-likeness (QED) is 0.628. The second-order valence-corrected chi connectivity index (χ2v) is 7.08. The maximum Gasteiger partial charge on any atom is 0.364 e. The minimum absolute atomic E-state index is 0.211. The van der Waals surface area contributed by atoms with E-state index in [-0.39, 0.29) is 5.73 Å². The summed E-state index contributed by atoms with van der Waals surface area (Å²) in [6, 6.07) is 0. The highest BCUT2D eigenvalue weighted by atomic mass is 28.4. The highest BCUT2D eigenvalue weighted by molar-refractivity contribution is 6.67. The summed E-state index contributed by atoms with van der Waals surface area (Å²) in [4.78, 5) is 0. The maximum atomic E-state index is 5.62. The van der Waals surface area contributed by atoms with E-state index in [1.807, 2.05) is 0 Å². The van der Waals surface area contributed by atoms with E-state index in [1.54, 1.807) is 14.2 Å². The molecule has 1 aliphatic rings. The third kappa shape index (κ3) is 1.88. The van der Waals surface area contributed by atoms with Crippen molar-refractivity contribution in [2.45, 2.75) is 25.6 Å². The Morgan fingerprint density at radius 2 is 1.92 bits per heavy atom. The van der Waals surface area contributed by atoms with E-state index < -0.39 is 8.56 Å². The summed E-state index contributed by atoms with van der Waals surface area (Å²) in [5, 5.41) is 0. The lowest BCUT2D eigenvalue weighted by molar-refractivity contribution is 0.103. The molecular weight excluding hydrogens is 172 g/mol. The Morgan fingerprint density at radius 1 is 1.33 bits per heavy atom. The van der Waals surface area contributed by atoms with Gasteiger partial charge in [0.15, 0.2) is 0 Å². The van der Waals surface area contributed by atoms with Gasteiger partial charge in [0.05, 0.1) is 0 Å². The van der Waals surface area contributed by atoms with Crippen LogP contribution in [0.1, 0.15) is 13.3 Å². The Balaban J connectivity index is 2.55. The van der Waals surface area contributed by atoms with Crippen molar-refractivity contribution in [3.05, 3.63) is 0 Å². The first kappa shape index (κ1) is 10.2. The van der Waals surface area contributed by atoms with Crippen molar-refractivity contribution in [1.82, 2.24) is 0 Å². The summed E-state index contributed by atoms with van der Waals surface area (Å²) in [6.07, 6.45) is 1.07. The molecule has 2 atom stereocenters. The van der Waals surface area contributed by atoms with Crippen LogP contribution in [0.3, 0.4) is 0 Å². The van der Waals surface area contributed by atoms with Crippen LogP contribution < -0.4 is 0 Å². The Labute approximate surface area is 75.3 Å². The van der Waals surface area contributed by atoms with Gasteiger partial charge in [-0.15, -0.1) is 0 Å². The molecule has 0 aromatic rings. The molecule has 1 rings (SSSR count). The van der Waals surface area contributed by atoms with Gasteiger partial charge in [-0.2, -0.15) is 0 Å². The molecule has 1 heterocycles. The first-order chi connectivity index (χ1) is 5.62. The highest BCUT2D eigenvalue weighted by Gasteiger charge is 2.44. The molecule has 0 aromatic carbocycles. The second kappa shape index (κ2) is 3.87. The molecule has 0 aliphatic carbocycles. The summed E-state index contributed by atoms with van der Waals surface area (Å²) >= 11 is 0. The molecule has 1 aliphatic heterocycles. The van der Waals surface area contributed by atoms with Gasteiger partial charge in [0, 0.05) is 20.8 Å². The van der Waals surface area contributed by atoms with E-state index in [0.717, 1.165) is 13.0 Å². The van der Waals surface area contributed by atoms with Gasteiger partial charge in [0.1, 0.15) is 5.73 Å². The van der Waals surface area contributed by atoms with Crippen molar-refractivity contribution in [3.63, 3.8) is 0 Å². The predicted octanol–water partition coefficient (Wildman–Crippen LogP) is 1.32. The molecule has 3 nitrogen and oxygen atoms in total. The summed E-state index contributed by atoms with van der Waals surface area (Å²) in [5.74, 6) is 0.645. The Bertz CT molecular complexity index is 147. The largest absolute Gasteiger partial charge is 0.396 e. The van der Waals surface area contributed by atoms with Gasteiger partial charge in [0.2, 0.25) is 0 Å². The van der Waals surface area contributed by atoms with Crippen LogP contribution in [0.4, 0.5) is 0 Å². The van der Waals surface area contributed by atoms with Crippen LogP contribution in [-0.2, 0) is 13.6 Å². The van der Waals surface area contributed by atoms with Crippen molar-refractivity contribution in [1.29, 1.82) is 0 Å². The first-order valence-corrected chi connectivity index (χ1v) is 6.73. The van der Waals surface area contributed by atoms with E-state index >= 15 is 0 Å². The lowest BCUT2D eigenvalue weighted by atomic mass is 10.2. The molecule has 2 unspecified atom stereocenters. The molecule has 0 spiro atoms. The average Bonchev–Trinajstić information content (AvgIpc) is 2.51. The van der Waals surface area contributed by atoms with Gasteiger partial charge in [-0.3, -0.25) is 0 Å². The standard InChI is InChI=1S/C8H18O3Si/c1-7-5-8(11-6-7)12(4,9-2)10-3/h7-8H,5-6H2,1-4H3. The van der Waals surface area contributed by atoms with E-state index in [9.17, 15) is 0 Å². The zero-order valence-electron chi connectivity index (χ0n) is 8.29. The molecule has 0 bridgehead atoms. The van der Waals surface area contributed by atoms with Crippen LogP contribution >= 0.6 is 0 Å². The topological polar surface area (TPSA) is 27.7 Å². The van der Waals surface area contributed by atoms with Crippen LogP contribution in [0.15, 0.2) is 0 Å². The molecule has 1 saturated heterocycles. The summed E-state index contributed by atoms with van der Waals surface area (Å²) < 4.78 is 16.4. The lowest BCUT2D eigenvalue weighted by Crippen LogP contribution is -2.49. The minimum atomic E-state index is -2.03. The van der Waals surface area contributed by atoms with Crippen LogP contribution in [0, 0.1) is 5.92 Å². The normalized spacial score (nSPS) is 31.0. The van der Waals surface area contributed by atoms with Crippen molar-refractivity contribution >= 4 is 8.56 Å². The Kier molecular flexibility index (Phi) is 3.28. The van der Waals surface area contributed by atoms with Crippen molar-refractivity contribution < 1.29 is 13.6 Å². The SMILES string of the molecule is CO[Si](C)(OC)C1CC(C)CO1. The Morgan fingerprint density at radius 3 is 2.25 bits per heavy atom. The van der Waals surface area contributed by atoms with Gasteiger partial charge in [-0.1, -0.05) is 6.92 Å². The van der Waals surface area contributed by atoms with E-state index in [4.69, 9.17) is 13.6 Å². The molecule has 0 aromatic heterocycles. The van der Waals surface area contributed by atoms with Crippen LogP contribution in [0.25, 0.3) is 0 Å². The molecule has 4 heteroatoms. The average molecular weight is 190 g/mol. The lowest BCUT2D eigenvalue weighted by Gasteiger charge is -2.28. The highest BCUT2D eigenvalue weighted by Crippen LogP contribution is 2.27. The van der Waals surface area contributed by atoms with Gasteiger partial charge in [-0.25, -0.2) is 0 Å². The molecule has 12 heavy (non-hydrogen) atoms. The van der Waals surface area contributed by atoms with Crippen molar-refractivity contribution in [2.75, 3.05) is 20.8 Å². The summed E-state index contributed by atoms with van der Waals surface area (Å²) in [6.45, 7) is 5.09. The third-order valence-electron chi connectivity index (χ3n) is 2.59. The fraction of sp³-hybridized carbons (Fsp3) is 1.00. The maximum absolute atomic E-state index is 5.62. The number of ether oxygens (including phenoxy) is 1. The van der Waals surface area contributed by atoms with Crippen LogP contribution in [-0.4, -0.2) is 35.1 Å². The number of hydrogen-bond donors (Lipinski definition) is 0. The third-order valence-corrected chi connectivity index (χ3v) is 5.79. The summed E-state index contributed by atoms with van der Waals surface area (Å²) in [7, 11) is 1.39. The van der Waals surface area contributed by atoms with Crippen molar-refractivity contribution in [2.24, 2.45) is 5.92 Å². The van der Waals surface area contributed by atoms with Gasteiger partial charge in [-0.05, 0) is 18.9 Å². The zero-order chi connectivity index (χ0) is 9.19. The molecule has 1 fully saturated rings. The minimum Gasteiger partial charge on any atom is -0.396 e. The zero-order valence-corrected chi connectivity index (χ0v) is 9.29. The summed E-state index contributed by atoms with van der Waals surface area (Å²) in [5.41, 5.74) is 0.211. The van der Waals surface area contributed by atoms with E-state index in [0.29, 0.717) is 5.92 Å². The smallest absolute Gasteiger partial charge is 0.364 e. The van der Waals surface area contributed by atoms with Gasteiger partial charge >= 0.3 is 8.56 Å². The number of hydrogen-bond acceptors (Lipinski definition) is 3. The molecule has 0 amide bonds. The molecule has 0 radical (unpaired) electrons. The number of rotatable bonds is 3. The molecule has 0 N–H and O–H groups in total. The van der Waals surface area contributed by atoms with Crippen LogP contribution in [0.2, 0.25) is 6.55 Å². The van der Waals surface area contributed by atoms with Gasteiger partial charge < -0.3 is 13.6 Å². The molecular formula is C8H18O3Si. The fourth-order valence-electron chi connectivity index (χ4n) is 1.49. The Hall–Kier alpha value is 0.0969. The van der Waals surface area contributed by atoms with Crippen molar-refractivity contribution in [3.8, 4) is 0 Å². The second-order valence-electron chi connectivity index (χ2n) is 3.59. The van der Waals surface area contributed by atoms with Gasteiger partial charge in [0.25, 0.3) is 0 Å². The monoisotopic (exact) mass is 190 g/mol.